The molecular weight excluding hydrogens is 242 g/mol. The number of carbonyl (C=O) groups is 2. The van der Waals surface area contributed by atoms with E-state index in [1.54, 1.807) is 4.90 Å². The quantitative estimate of drug-likeness (QED) is 0.721. The van der Waals surface area contributed by atoms with Crippen molar-refractivity contribution in [3.05, 3.63) is 0 Å². The van der Waals surface area contributed by atoms with Crippen molar-refractivity contribution in [1.82, 2.24) is 4.90 Å². The van der Waals surface area contributed by atoms with E-state index in [1.165, 1.54) is 39.2 Å². The minimum absolute atomic E-state index is 0.198. The van der Waals surface area contributed by atoms with Crippen LogP contribution < -0.4 is 0 Å². The maximum Gasteiger partial charge on any atom is 0.305 e. The monoisotopic (exact) mass is 269 g/mol. The first kappa shape index (κ1) is 16.0. The molecule has 1 aliphatic rings. The fourth-order valence-corrected chi connectivity index (χ4v) is 2.69. The molecule has 1 aliphatic carbocycles. The van der Waals surface area contributed by atoms with Crippen molar-refractivity contribution in [2.45, 2.75) is 57.8 Å². The Morgan fingerprint density at radius 3 is 2.26 bits per heavy atom. The van der Waals surface area contributed by atoms with Gasteiger partial charge in [-0.3, -0.25) is 9.59 Å². The minimum atomic E-state index is -0.202. The predicted molar refractivity (Wildman–Crippen MR) is 74.7 cm³/mol. The summed E-state index contributed by atoms with van der Waals surface area (Å²) in [7, 11) is 3.24. The molecule has 4 nitrogen and oxygen atoms in total. The lowest BCUT2D eigenvalue weighted by molar-refractivity contribution is -0.141. The summed E-state index contributed by atoms with van der Waals surface area (Å²) in [5, 5.41) is 0. The first-order chi connectivity index (χ1) is 9.15. The largest absolute Gasteiger partial charge is 0.469 e. The number of methoxy groups -OCH3 is 1. The lowest BCUT2D eigenvalue weighted by Crippen LogP contribution is -2.34. The second kappa shape index (κ2) is 8.94. The van der Waals surface area contributed by atoms with Gasteiger partial charge in [-0.05, 0) is 19.3 Å². The van der Waals surface area contributed by atoms with E-state index in [4.69, 9.17) is 0 Å². The van der Waals surface area contributed by atoms with Gasteiger partial charge in [0.15, 0.2) is 0 Å². The van der Waals surface area contributed by atoms with Gasteiger partial charge in [0.1, 0.15) is 0 Å². The van der Waals surface area contributed by atoms with Crippen LogP contribution in [-0.2, 0) is 14.3 Å². The third-order valence-corrected chi connectivity index (χ3v) is 3.93. The lowest BCUT2D eigenvalue weighted by atomic mass is 9.90. The number of ether oxygens (including phenoxy) is 1. The Hall–Kier alpha value is -1.06. The molecule has 19 heavy (non-hydrogen) atoms. The number of carbonyl (C=O) groups excluding carboxylic acids is 2. The van der Waals surface area contributed by atoms with E-state index in [2.05, 4.69) is 4.74 Å². The van der Waals surface area contributed by atoms with Crippen molar-refractivity contribution >= 4 is 11.9 Å². The summed E-state index contributed by atoms with van der Waals surface area (Å²) in [5.41, 5.74) is 0. The Labute approximate surface area is 116 Å². The fourth-order valence-electron chi connectivity index (χ4n) is 2.69. The van der Waals surface area contributed by atoms with Gasteiger partial charge in [-0.1, -0.05) is 32.1 Å². The molecule has 0 aliphatic heterocycles. The molecule has 0 atom stereocenters. The molecule has 0 N–H and O–H groups in total. The van der Waals surface area contributed by atoms with Crippen molar-refractivity contribution in [3.63, 3.8) is 0 Å². The summed E-state index contributed by atoms with van der Waals surface area (Å²) in [5.74, 6) is 0.252. The molecule has 0 bridgehead atoms. The molecule has 0 unspecified atom stereocenters. The molecule has 0 heterocycles. The smallest absolute Gasteiger partial charge is 0.305 e. The van der Waals surface area contributed by atoms with Crippen LogP contribution in [0.3, 0.4) is 0 Å². The van der Waals surface area contributed by atoms with Crippen LogP contribution in [0.4, 0.5) is 0 Å². The Balaban J connectivity index is 2.31. The number of rotatable bonds is 5. The van der Waals surface area contributed by atoms with Crippen molar-refractivity contribution in [1.29, 1.82) is 0 Å². The van der Waals surface area contributed by atoms with Crippen LogP contribution in [0.2, 0.25) is 0 Å². The molecule has 0 aromatic heterocycles. The van der Waals surface area contributed by atoms with Gasteiger partial charge in [-0.25, -0.2) is 0 Å². The molecule has 4 heteroatoms. The zero-order chi connectivity index (χ0) is 14.1. The molecule has 1 saturated carbocycles. The molecule has 1 fully saturated rings. The van der Waals surface area contributed by atoms with Gasteiger partial charge in [0.2, 0.25) is 5.91 Å². The van der Waals surface area contributed by atoms with Crippen LogP contribution in [0.1, 0.15) is 57.8 Å². The summed E-state index contributed by atoms with van der Waals surface area (Å²) in [4.78, 5) is 25.1. The average molecular weight is 269 g/mol. The zero-order valence-corrected chi connectivity index (χ0v) is 12.3. The second-order valence-corrected chi connectivity index (χ2v) is 5.48. The van der Waals surface area contributed by atoms with Crippen LogP contribution in [-0.4, -0.2) is 37.5 Å². The average Bonchev–Trinajstić information content (AvgIpc) is 2.37. The summed E-state index contributed by atoms with van der Waals surface area (Å²) in [6.45, 7) is 0.643. The Bertz CT molecular complexity index is 283. The van der Waals surface area contributed by atoms with Gasteiger partial charge in [0.05, 0.1) is 7.11 Å². The first-order valence-electron chi connectivity index (χ1n) is 7.47. The van der Waals surface area contributed by atoms with Crippen LogP contribution in [0, 0.1) is 5.92 Å². The molecule has 1 amide bonds. The summed E-state index contributed by atoms with van der Waals surface area (Å²) in [6, 6.07) is 0. The molecule has 0 spiro atoms. The number of nitrogens with zero attached hydrogens (tertiary/aromatic N) is 1. The van der Waals surface area contributed by atoms with Gasteiger partial charge in [-0.15, -0.1) is 0 Å². The number of hydrogen-bond acceptors (Lipinski definition) is 3. The maximum absolute atomic E-state index is 12.3. The third kappa shape index (κ3) is 6.08. The normalized spacial score (nSPS) is 17.4. The highest BCUT2D eigenvalue weighted by atomic mass is 16.5. The summed E-state index contributed by atoms with van der Waals surface area (Å²) >= 11 is 0. The second-order valence-electron chi connectivity index (χ2n) is 5.48. The highest BCUT2D eigenvalue weighted by molar-refractivity contribution is 5.78. The van der Waals surface area contributed by atoms with E-state index in [1.807, 2.05) is 7.05 Å². The zero-order valence-electron chi connectivity index (χ0n) is 12.3. The van der Waals surface area contributed by atoms with Gasteiger partial charge < -0.3 is 9.64 Å². The number of esters is 1. The van der Waals surface area contributed by atoms with Gasteiger partial charge >= 0.3 is 5.97 Å². The van der Waals surface area contributed by atoms with Gasteiger partial charge in [0, 0.05) is 25.9 Å². The van der Waals surface area contributed by atoms with Crippen molar-refractivity contribution in [2.24, 2.45) is 5.92 Å². The van der Waals surface area contributed by atoms with Gasteiger partial charge in [0.25, 0.3) is 0 Å². The summed E-state index contributed by atoms with van der Waals surface area (Å²) in [6.07, 6.45) is 9.31. The van der Waals surface area contributed by atoms with Crippen LogP contribution in [0.5, 0.6) is 0 Å². The molecule has 0 radical (unpaired) electrons. The number of hydrogen-bond donors (Lipinski definition) is 0. The SMILES string of the molecule is COC(=O)CCCN(C)C(=O)C1CCCCCCC1. The Kier molecular flexibility index (Phi) is 7.53. The minimum Gasteiger partial charge on any atom is -0.469 e. The van der Waals surface area contributed by atoms with E-state index >= 15 is 0 Å². The van der Waals surface area contributed by atoms with Crippen LogP contribution in [0.15, 0.2) is 0 Å². The van der Waals surface area contributed by atoms with E-state index in [-0.39, 0.29) is 17.8 Å². The fraction of sp³-hybridized carbons (Fsp3) is 0.867. The number of amides is 1. The Morgan fingerprint density at radius 2 is 1.68 bits per heavy atom. The lowest BCUT2D eigenvalue weighted by Gasteiger charge is -2.25. The molecular formula is C15H27NO3. The molecule has 110 valence electrons. The standard InChI is InChI=1S/C15H27NO3/c1-16(12-8-11-14(17)19-2)15(18)13-9-6-4-3-5-7-10-13/h13H,3-12H2,1-2H3. The van der Waals surface area contributed by atoms with Crippen molar-refractivity contribution < 1.29 is 14.3 Å². The molecule has 0 saturated heterocycles. The van der Waals surface area contributed by atoms with E-state index < -0.39 is 0 Å². The van der Waals surface area contributed by atoms with Crippen molar-refractivity contribution in [3.8, 4) is 0 Å². The highest BCUT2D eigenvalue weighted by Gasteiger charge is 2.22. The predicted octanol–water partition coefficient (Wildman–Crippen LogP) is 2.76. The first-order valence-corrected chi connectivity index (χ1v) is 7.47. The molecule has 1 rings (SSSR count). The van der Waals surface area contributed by atoms with Gasteiger partial charge in [-0.2, -0.15) is 0 Å². The van der Waals surface area contributed by atoms with E-state index in [0.29, 0.717) is 19.4 Å². The summed E-state index contributed by atoms with van der Waals surface area (Å²) < 4.78 is 4.60. The van der Waals surface area contributed by atoms with Crippen LogP contribution in [0.25, 0.3) is 0 Å². The Morgan fingerprint density at radius 1 is 1.11 bits per heavy atom. The third-order valence-electron chi connectivity index (χ3n) is 3.93. The van der Waals surface area contributed by atoms with Crippen LogP contribution >= 0.6 is 0 Å². The maximum atomic E-state index is 12.3. The molecule has 0 aromatic rings. The van der Waals surface area contributed by atoms with E-state index in [0.717, 1.165) is 12.8 Å². The highest BCUT2D eigenvalue weighted by Crippen LogP contribution is 2.23. The topological polar surface area (TPSA) is 46.6 Å². The molecule has 0 aromatic carbocycles. The van der Waals surface area contributed by atoms with E-state index in [9.17, 15) is 9.59 Å². The van der Waals surface area contributed by atoms with Crippen molar-refractivity contribution in [2.75, 3.05) is 20.7 Å².